The second-order valence-corrected chi connectivity index (χ2v) is 8.46. The van der Waals surface area contributed by atoms with Crippen LogP contribution in [0.3, 0.4) is 0 Å². The Morgan fingerprint density at radius 2 is 1.93 bits per heavy atom. The number of carboxylic acids is 1. The molecule has 0 aliphatic carbocycles. The summed E-state index contributed by atoms with van der Waals surface area (Å²) >= 11 is 9.59. The van der Waals surface area contributed by atoms with Crippen molar-refractivity contribution >= 4 is 33.5 Å². The number of aromatic carboxylic acids is 1. The molecule has 2 aromatic carbocycles. The molecular weight excluding hydrogens is 468 g/mol. The van der Waals surface area contributed by atoms with E-state index in [0.29, 0.717) is 30.2 Å². The summed E-state index contributed by atoms with van der Waals surface area (Å²) in [6.07, 6.45) is 0. The van der Waals surface area contributed by atoms with Crippen LogP contribution in [0.25, 0.3) is 0 Å². The lowest BCUT2D eigenvalue weighted by molar-refractivity contribution is 0.0694. The zero-order chi connectivity index (χ0) is 21.8. The lowest BCUT2D eigenvalue weighted by Crippen LogP contribution is -2.16. The average molecular weight is 492 g/mol. The van der Waals surface area contributed by atoms with Gasteiger partial charge in [0.1, 0.15) is 5.75 Å². The van der Waals surface area contributed by atoms with Crippen LogP contribution in [-0.2, 0) is 19.6 Å². The molecule has 0 spiro atoms. The predicted molar refractivity (Wildman–Crippen MR) is 123 cm³/mol. The zero-order valence-corrected chi connectivity index (χ0v) is 19.5. The first kappa shape index (κ1) is 22.4. The monoisotopic (exact) mass is 490 g/mol. The molecule has 0 amide bonds. The molecule has 5 nitrogen and oxygen atoms in total. The molecule has 0 aliphatic heterocycles. The molecule has 0 fully saturated rings. The third-order valence-corrected chi connectivity index (χ3v) is 5.94. The second-order valence-electron chi connectivity index (χ2n) is 7.11. The quantitative estimate of drug-likeness (QED) is 0.433. The van der Waals surface area contributed by atoms with Gasteiger partial charge in [-0.3, -0.25) is 0 Å². The van der Waals surface area contributed by atoms with Crippen LogP contribution >= 0.6 is 27.5 Å². The van der Waals surface area contributed by atoms with E-state index in [1.807, 2.05) is 60.9 Å². The number of aromatic nitrogens is 1. The molecule has 0 unspecified atom stereocenters. The molecule has 158 valence electrons. The number of benzene rings is 2. The van der Waals surface area contributed by atoms with Gasteiger partial charge in [0.25, 0.3) is 0 Å². The number of rotatable bonds is 8. The number of nitrogens with zero attached hydrogens (tertiary/aromatic N) is 1. The van der Waals surface area contributed by atoms with Gasteiger partial charge in [0.15, 0.2) is 0 Å². The highest BCUT2D eigenvalue weighted by Gasteiger charge is 2.22. The Morgan fingerprint density at radius 1 is 1.17 bits per heavy atom. The first-order chi connectivity index (χ1) is 14.3. The Kier molecular flexibility index (Phi) is 7.23. The van der Waals surface area contributed by atoms with Gasteiger partial charge in [0, 0.05) is 51.6 Å². The molecule has 0 radical (unpaired) electrons. The summed E-state index contributed by atoms with van der Waals surface area (Å²) in [6.45, 7) is 5.37. The molecule has 0 saturated carbocycles. The van der Waals surface area contributed by atoms with Crippen molar-refractivity contribution in [2.24, 2.45) is 0 Å². The summed E-state index contributed by atoms with van der Waals surface area (Å²) in [5.74, 6) is -0.132. The van der Waals surface area contributed by atoms with Crippen molar-refractivity contribution in [3.8, 4) is 5.75 Å². The minimum Gasteiger partial charge on any atom is -0.496 e. The van der Waals surface area contributed by atoms with Crippen LogP contribution in [0.5, 0.6) is 5.75 Å². The standard InChI is InChI=1S/C23H24BrClN2O3/c1-14-20(12-26-11-17-10-18(24)7-8-21(17)30-3)22(23(28)29)15(2)27(14)13-16-5-4-6-19(25)9-16/h4-10,26H,11-13H2,1-3H3,(H,28,29). The van der Waals surface area contributed by atoms with Crippen LogP contribution in [0.2, 0.25) is 5.02 Å². The maximum absolute atomic E-state index is 12.0. The average Bonchev–Trinajstić information content (AvgIpc) is 2.93. The minimum absolute atomic E-state index is 0.350. The third-order valence-electron chi connectivity index (χ3n) is 5.21. The van der Waals surface area contributed by atoms with Crippen molar-refractivity contribution in [2.75, 3.05) is 7.11 Å². The molecule has 3 aromatic rings. The van der Waals surface area contributed by atoms with Crippen LogP contribution in [0, 0.1) is 13.8 Å². The number of hydrogen-bond donors (Lipinski definition) is 2. The summed E-state index contributed by atoms with van der Waals surface area (Å²) in [5, 5.41) is 13.9. The van der Waals surface area contributed by atoms with E-state index in [2.05, 4.69) is 21.2 Å². The lowest BCUT2D eigenvalue weighted by Gasteiger charge is -2.12. The number of methoxy groups -OCH3 is 1. The molecule has 0 atom stereocenters. The normalized spacial score (nSPS) is 11.0. The van der Waals surface area contributed by atoms with Gasteiger partial charge in [-0.1, -0.05) is 39.7 Å². The predicted octanol–water partition coefficient (Wildman–Crippen LogP) is 5.57. The topological polar surface area (TPSA) is 63.5 Å². The Labute approximate surface area is 189 Å². The van der Waals surface area contributed by atoms with Crippen molar-refractivity contribution in [1.29, 1.82) is 0 Å². The Morgan fingerprint density at radius 3 is 2.60 bits per heavy atom. The lowest BCUT2D eigenvalue weighted by atomic mass is 10.1. The van der Waals surface area contributed by atoms with Crippen molar-refractivity contribution in [2.45, 2.75) is 33.5 Å². The molecule has 30 heavy (non-hydrogen) atoms. The fourth-order valence-corrected chi connectivity index (χ4v) is 4.33. The molecular formula is C23H24BrClN2O3. The van der Waals surface area contributed by atoms with Crippen LogP contribution in [0.15, 0.2) is 46.9 Å². The number of hydrogen-bond acceptors (Lipinski definition) is 3. The highest BCUT2D eigenvalue weighted by atomic mass is 79.9. The van der Waals surface area contributed by atoms with E-state index in [0.717, 1.165) is 38.3 Å². The summed E-state index contributed by atoms with van der Waals surface area (Å²) in [4.78, 5) is 12.0. The van der Waals surface area contributed by atoms with E-state index in [-0.39, 0.29) is 0 Å². The van der Waals surface area contributed by atoms with Gasteiger partial charge in [0.05, 0.1) is 12.7 Å². The third kappa shape index (κ3) is 4.89. The summed E-state index contributed by atoms with van der Waals surface area (Å²) in [5.41, 5.74) is 4.82. The second kappa shape index (κ2) is 9.69. The van der Waals surface area contributed by atoms with Crippen LogP contribution in [0.1, 0.15) is 38.4 Å². The molecule has 1 aromatic heterocycles. The number of carboxylic acid groups (broad SMARTS) is 1. The van der Waals surface area contributed by atoms with Gasteiger partial charge in [-0.05, 0) is 49.7 Å². The maximum Gasteiger partial charge on any atom is 0.337 e. The van der Waals surface area contributed by atoms with Crippen LogP contribution < -0.4 is 10.1 Å². The van der Waals surface area contributed by atoms with E-state index in [4.69, 9.17) is 16.3 Å². The Bertz CT molecular complexity index is 1080. The van der Waals surface area contributed by atoms with Crippen molar-refractivity contribution < 1.29 is 14.6 Å². The number of halogens is 2. The zero-order valence-electron chi connectivity index (χ0n) is 17.1. The molecule has 0 bridgehead atoms. The number of nitrogens with one attached hydrogen (secondary N) is 1. The molecule has 3 rings (SSSR count). The van der Waals surface area contributed by atoms with Crippen molar-refractivity contribution in [3.63, 3.8) is 0 Å². The first-order valence-electron chi connectivity index (χ1n) is 9.51. The van der Waals surface area contributed by atoms with Crippen molar-refractivity contribution in [1.82, 2.24) is 9.88 Å². The van der Waals surface area contributed by atoms with Gasteiger partial charge in [0.2, 0.25) is 0 Å². The molecule has 0 saturated heterocycles. The first-order valence-corrected chi connectivity index (χ1v) is 10.7. The van der Waals surface area contributed by atoms with E-state index >= 15 is 0 Å². The molecule has 7 heteroatoms. The van der Waals surface area contributed by atoms with E-state index < -0.39 is 5.97 Å². The summed E-state index contributed by atoms with van der Waals surface area (Å²) in [7, 11) is 1.64. The van der Waals surface area contributed by atoms with Gasteiger partial charge in [-0.15, -0.1) is 0 Å². The van der Waals surface area contributed by atoms with Crippen molar-refractivity contribution in [3.05, 3.63) is 85.6 Å². The SMILES string of the molecule is COc1ccc(Br)cc1CNCc1c(C(=O)O)c(C)n(Cc2cccc(Cl)c2)c1C. The van der Waals surface area contributed by atoms with E-state index in [1.54, 1.807) is 7.11 Å². The highest BCUT2D eigenvalue weighted by Crippen LogP contribution is 2.26. The fourth-order valence-electron chi connectivity index (χ4n) is 3.71. The van der Waals surface area contributed by atoms with Gasteiger partial charge >= 0.3 is 5.97 Å². The summed E-state index contributed by atoms with van der Waals surface area (Å²) in [6, 6.07) is 13.4. The maximum atomic E-state index is 12.0. The van der Waals surface area contributed by atoms with Gasteiger partial charge < -0.3 is 19.7 Å². The number of ether oxygens (including phenoxy) is 1. The fraction of sp³-hybridized carbons (Fsp3) is 0.261. The largest absolute Gasteiger partial charge is 0.496 e. The van der Waals surface area contributed by atoms with E-state index in [1.165, 1.54) is 0 Å². The van der Waals surface area contributed by atoms with Gasteiger partial charge in [-0.25, -0.2) is 4.79 Å². The highest BCUT2D eigenvalue weighted by molar-refractivity contribution is 9.10. The Balaban J connectivity index is 1.85. The van der Waals surface area contributed by atoms with Crippen LogP contribution in [-0.4, -0.2) is 22.8 Å². The van der Waals surface area contributed by atoms with Gasteiger partial charge in [-0.2, -0.15) is 0 Å². The smallest absolute Gasteiger partial charge is 0.337 e. The minimum atomic E-state index is -0.919. The number of carbonyl (C=O) groups is 1. The molecule has 0 aliphatic rings. The summed E-state index contributed by atoms with van der Waals surface area (Å²) < 4.78 is 8.42. The van der Waals surface area contributed by atoms with Crippen LogP contribution in [0.4, 0.5) is 0 Å². The molecule has 2 N–H and O–H groups in total. The van der Waals surface area contributed by atoms with E-state index in [9.17, 15) is 9.90 Å². The molecule has 1 heterocycles. The Hall–Kier alpha value is -2.28.